The van der Waals surface area contributed by atoms with Gasteiger partial charge in [0.1, 0.15) is 12.2 Å². The first-order chi connectivity index (χ1) is 11.6. The van der Waals surface area contributed by atoms with Crippen molar-refractivity contribution in [1.29, 1.82) is 0 Å². The van der Waals surface area contributed by atoms with Crippen LogP contribution in [0, 0.1) is 5.92 Å². The third-order valence-electron chi connectivity index (χ3n) is 5.34. The van der Waals surface area contributed by atoms with Gasteiger partial charge in [-0.3, -0.25) is 9.59 Å². The number of hydrogen-bond acceptors (Lipinski definition) is 6. The maximum atomic E-state index is 11.9. The lowest BCUT2D eigenvalue weighted by molar-refractivity contribution is -0.149. The fraction of sp³-hybridized carbons (Fsp3) is 0.529. The summed E-state index contributed by atoms with van der Waals surface area (Å²) in [4.78, 5) is 23.5. The van der Waals surface area contributed by atoms with Crippen LogP contribution in [0.15, 0.2) is 18.2 Å². The van der Waals surface area contributed by atoms with E-state index in [1.807, 2.05) is 18.2 Å². The number of carbonyl (C=O) groups is 2. The molecular formula is C17H17NO6. The van der Waals surface area contributed by atoms with E-state index in [1.54, 1.807) is 0 Å². The summed E-state index contributed by atoms with van der Waals surface area (Å²) in [5.41, 5.74) is 0.955. The van der Waals surface area contributed by atoms with Crippen molar-refractivity contribution in [3.63, 3.8) is 0 Å². The van der Waals surface area contributed by atoms with Crippen LogP contribution in [0.5, 0.6) is 11.5 Å². The van der Waals surface area contributed by atoms with E-state index in [1.165, 1.54) is 6.92 Å². The number of epoxide rings is 1. The molecule has 3 heterocycles. The Morgan fingerprint density at radius 1 is 1.25 bits per heavy atom. The van der Waals surface area contributed by atoms with Crippen molar-refractivity contribution in [2.45, 2.75) is 43.6 Å². The smallest absolute Gasteiger partial charge is 0.303 e. The molecule has 4 aliphatic rings. The summed E-state index contributed by atoms with van der Waals surface area (Å²) in [6.07, 6.45) is -0.103. The van der Waals surface area contributed by atoms with Crippen molar-refractivity contribution in [3.8, 4) is 11.5 Å². The Kier molecular flexibility index (Phi) is 2.85. The number of ether oxygens (including phenoxy) is 4. The molecule has 0 spiro atoms. The second-order valence-corrected chi connectivity index (χ2v) is 6.74. The van der Waals surface area contributed by atoms with E-state index in [2.05, 4.69) is 5.32 Å². The molecule has 7 heteroatoms. The minimum atomic E-state index is -0.410. The number of nitrogens with one attached hydrogen (secondary N) is 1. The van der Waals surface area contributed by atoms with Gasteiger partial charge in [-0.2, -0.15) is 0 Å². The Morgan fingerprint density at radius 2 is 2.08 bits per heavy atom. The Labute approximate surface area is 138 Å². The number of fused-ring (bicyclic) bond motifs is 4. The van der Waals surface area contributed by atoms with Crippen LogP contribution in [0.4, 0.5) is 0 Å². The average molecular weight is 331 g/mol. The largest absolute Gasteiger partial charge is 0.459 e. The van der Waals surface area contributed by atoms with Crippen LogP contribution in [0.25, 0.3) is 0 Å². The first kappa shape index (κ1) is 14.1. The summed E-state index contributed by atoms with van der Waals surface area (Å²) in [6, 6.07) is 5.60. The highest BCUT2D eigenvalue weighted by atomic mass is 16.7. The standard InChI is InChI=1S/C17H17NO6/c1-7(19)23-16-13(8-2-3-10-11(4-8)22-6-21-10)14-9(5-12(20)18-14)15-17(16)24-15/h2-4,9,13-17H,5-6H2,1H3,(H,18,20)/t9-,13-,14+,15-,16-,17-/m0/s1. The summed E-state index contributed by atoms with van der Waals surface area (Å²) in [6.45, 7) is 1.60. The van der Waals surface area contributed by atoms with Crippen LogP contribution in [-0.2, 0) is 19.1 Å². The molecule has 0 aromatic heterocycles. The highest BCUT2D eigenvalue weighted by Crippen LogP contribution is 2.52. The molecule has 0 bridgehead atoms. The van der Waals surface area contributed by atoms with Crippen molar-refractivity contribution < 1.29 is 28.5 Å². The zero-order valence-electron chi connectivity index (χ0n) is 13.1. The van der Waals surface area contributed by atoms with Crippen molar-refractivity contribution >= 4 is 11.9 Å². The Morgan fingerprint density at radius 3 is 2.92 bits per heavy atom. The van der Waals surface area contributed by atoms with Crippen LogP contribution in [-0.4, -0.2) is 43.0 Å². The zero-order valence-corrected chi connectivity index (χ0v) is 13.1. The predicted molar refractivity (Wildman–Crippen MR) is 79.6 cm³/mol. The minimum absolute atomic E-state index is 0.0106. The Balaban J connectivity index is 1.56. The molecule has 5 rings (SSSR count). The molecule has 0 unspecified atom stereocenters. The first-order valence-corrected chi connectivity index (χ1v) is 8.13. The first-order valence-electron chi connectivity index (χ1n) is 8.13. The van der Waals surface area contributed by atoms with Gasteiger partial charge in [0.25, 0.3) is 0 Å². The van der Waals surface area contributed by atoms with Crippen LogP contribution < -0.4 is 14.8 Å². The molecule has 1 aromatic rings. The fourth-order valence-electron chi connectivity index (χ4n) is 4.37. The minimum Gasteiger partial charge on any atom is -0.459 e. The molecule has 126 valence electrons. The van der Waals surface area contributed by atoms with Crippen molar-refractivity contribution in [2.75, 3.05) is 6.79 Å². The number of amides is 1. The molecule has 24 heavy (non-hydrogen) atoms. The lowest BCUT2D eigenvalue weighted by Crippen LogP contribution is -2.49. The zero-order chi connectivity index (χ0) is 16.4. The highest BCUT2D eigenvalue weighted by molar-refractivity contribution is 5.80. The molecule has 1 aromatic carbocycles. The summed E-state index contributed by atoms with van der Waals surface area (Å²) in [5.74, 6) is 1.00. The molecule has 1 amide bonds. The molecule has 0 radical (unpaired) electrons. The van der Waals surface area contributed by atoms with Crippen molar-refractivity contribution in [3.05, 3.63) is 23.8 Å². The second-order valence-electron chi connectivity index (χ2n) is 6.74. The van der Waals surface area contributed by atoms with Gasteiger partial charge in [-0.15, -0.1) is 0 Å². The maximum absolute atomic E-state index is 11.9. The van der Waals surface area contributed by atoms with E-state index < -0.39 is 6.10 Å². The number of benzene rings is 1. The van der Waals surface area contributed by atoms with E-state index in [-0.39, 0.29) is 48.8 Å². The summed E-state index contributed by atoms with van der Waals surface area (Å²) in [7, 11) is 0. The summed E-state index contributed by atoms with van der Waals surface area (Å²) in [5, 5.41) is 3.05. The van der Waals surface area contributed by atoms with Gasteiger partial charge < -0.3 is 24.3 Å². The van der Waals surface area contributed by atoms with E-state index in [0.29, 0.717) is 17.9 Å². The lowest BCUT2D eigenvalue weighted by atomic mass is 9.72. The van der Waals surface area contributed by atoms with Crippen LogP contribution in [0.2, 0.25) is 0 Å². The fourth-order valence-corrected chi connectivity index (χ4v) is 4.37. The van der Waals surface area contributed by atoms with Gasteiger partial charge in [0.2, 0.25) is 12.7 Å². The van der Waals surface area contributed by atoms with E-state index in [0.717, 1.165) is 5.56 Å². The molecule has 7 nitrogen and oxygen atoms in total. The summed E-state index contributed by atoms with van der Waals surface area (Å²) >= 11 is 0. The highest BCUT2D eigenvalue weighted by Gasteiger charge is 2.64. The second kappa shape index (κ2) is 4.86. The van der Waals surface area contributed by atoms with Gasteiger partial charge in [0.05, 0.1) is 6.10 Å². The van der Waals surface area contributed by atoms with E-state index >= 15 is 0 Å². The monoisotopic (exact) mass is 331 g/mol. The molecule has 3 fully saturated rings. The Bertz CT molecular complexity index is 734. The van der Waals surface area contributed by atoms with Crippen LogP contribution in [0.3, 0.4) is 0 Å². The maximum Gasteiger partial charge on any atom is 0.303 e. The van der Waals surface area contributed by atoms with Gasteiger partial charge in [-0.25, -0.2) is 0 Å². The predicted octanol–water partition coefficient (Wildman–Crippen LogP) is 0.716. The number of esters is 1. The summed E-state index contributed by atoms with van der Waals surface area (Å²) < 4.78 is 22.2. The molecule has 1 saturated carbocycles. The average Bonchev–Trinajstić information content (AvgIpc) is 3.03. The van der Waals surface area contributed by atoms with Gasteiger partial charge in [0, 0.05) is 31.2 Å². The third kappa shape index (κ3) is 2.00. The van der Waals surface area contributed by atoms with E-state index in [4.69, 9.17) is 18.9 Å². The third-order valence-corrected chi connectivity index (χ3v) is 5.34. The number of hydrogen-bond donors (Lipinski definition) is 1. The molecular weight excluding hydrogens is 314 g/mol. The normalized spacial score (nSPS) is 38.1. The molecule has 6 atom stereocenters. The van der Waals surface area contributed by atoms with E-state index in [9.17, 15) is 9.59 Å². The Hall–Kier alpha value is -2.28. The van der Waals surface area contributed by atoms with Gasteiger partial charge in [-0.1, -0.05) is 6.07 Å². The van der Waals surface area contributed by atoms with Crippen LogP contribution in [0.1, 0.15) is 24.8 Å². The topological polar surface area (TPSA) is 86.4 Å². The molecule has 3 aliphatic heterocycles. The molecule has 2 saturated heterocycles. The van der Waals surface area contributed by atoms with Crippen molar-refractivity contribution in [2.24, 2.45) is 5.92 Å². The number of carbonyl (C=O) groups excluding carboxylic acids is 2. The number of rotatable bonds is 2. The SMILES string of the molecule is CC(=O)O[C@@H]1[C@H]2O[C@H]2[C@H]2CC(=O)N[C@H]2[C@@H]1c1ccc2c(c1)OCO2. The van der Waals surface area contributed by atoms with Gasteiger partial charge in [-0.05, 0) is 17.7 Å². The molecule has 1 N–H and O–H groups in total. The molecule has 1 aliphatic carbocycles. The van der Waals surface area contributed by atoms with Gasteiger partial charge in [0.15, 0.2) is 11.5 Å². The van der Waals surface area contributed by atoms with Crippen molar-refractivity contribution in [1.82, 2.24) is 5.32 Å². The quantitative estimate of drug-likeness (QED) is 0.635. The lowest BCUT2D eigenvalue weighted by Gasteiger charge is -2.36. The van der Waals surface area contributed by atoms with Gasteiger partial charge >= 0.3 is 5.97 Å². The van der Waals surface area contributed by atoms with Crippen LogP contribution >= 0.6 is 0 Å².